The predicted molar refractivity (Wildman–Crippen MR) is 58.0 cm³/mol. The van der Waals surface area contributed by atoms with Gasteiger partial charge in [-0.3, -0.25) is 9.59 Å². The summed E-state index contributed by atoms with van der Waals surface area (Å²) in [6, 6.07) is 0. The van der Waals surface area contributed by atoms with Gasteiger partial charge in [-0.15, -0.1) is 0 Å². The Morgan fingerprint density at radius 2 is 2.06 bits per heavy atom. The molecule has 5 nitrogen and oxygen atoms in total. The Hall–Kier alpha value is -1.10. The largest absolute Gasteiger partial charge is 0.481 e. The first kappa shape index (κ1) is 13.0. The Balaban J connectivity index is 2.13. The molecule has 2 N–H and O–H groups in total. The van der Waals surface area contributed by atoms with Crippen molar-refractivity contribution in [2.45, 2.75) is 26.2 Å². The first-order valence-corrected chi connectivity index (χ1v) is 5.75. The smallest absolute Gasteiger partial charge is 0.307 e. The summed E-state index contributed by atoms with van der Waals surface area (Å²) < 4.78 is 5.13. The third kappa shape index (κ3) is 3.48. The van der Waals surface area contributed by atoms with Gasteiger partial charge >= 0.3 is 5.97 Å². The Morgan fingerprint density at radius 1 is 1.38 bits per heavy atom. The average Bonchev–Trinajstić information content (AvgIpc) is 2.14. The predicted octanol–water partition coefficient (Wildman–Crippen LogP) is 0.640. The van der Waals surface area contributed by atoms with Crippen LogP contribution in [0.1, 0.15) is 26.2 Å². The van der Waals surface area contributed by atoms with E-state index in [0.717, 1.165) is 6.42 Å². The highest BCUT2D eigenvalue weighted by Crippen LogP contribution is 2.34. The minimum absolute atomic E-state index is 0.129. The van der Waals surface area contributed by atoms with Gasteiger partial charge in [0.1, 0.15) is 0 Å². The minimum Gasteiger partial charge on any atom is -0.481 e. The number of carbonyl (C=O) groups excluding carboxylic acids is 1. The van der Waals surface area contributed by atoms with Gasteiger partial charge in [0, 0.05) is 19.8 Å². The van der Waals surface area contributed by atoms with Gasteiger partial charge in [0.2, 0.25) is 5.91 Å². The van der Waals surface area contributed by atoms with Crippen LogP contribution < -0.4 is 5.32 Å². The lowest BCUT2D eigenvalue weighted by Gasteiger charge is -2.31. The first-order valence-electron chi connectivity index (χ1n) is 5.75. The second kappa shape index (κ2) is 6.48. The molecule has 0 aromatic heterocycles. The molecule has 2 atom stereocenters. The van der Waals surface area contributed by atoms with Crippen molar-refractivity contribution in [2.24, 2.45) is 11.8 Å². The number of aliphatic carboxylic acids is 1. The lowest BCUT2D eigenvalue weighted by molar-refractivity contribution is -0.152. The van der Waals surface area contributed by atoms with Crippen LogP contribution in [-0.2, 0) is 14.3 Å². The van der Waals surface area contributed by atoms with Crippen LogP contribution in [0.5, 0.6) is 0 Å². The molecule has 0 aromatic carbocycles. The number of ether oxygens (including phenoxy) is 1. The van der Waals surface area contributed by atoms with E-state index in [1.165, 1.54) is 0 Å². The van der Waals surface area contributed by atoms with Gasteiger partial charge in [-0.1, -0.05) is 0 Å². The van der Waals surface area contributed by atoms with Crippen molar-refractivity contribution in [3.05, 3.63) is 0 Å². The number of hydrogen-bond acceptors (Lipinski definition) is 3. The molecular weight excluding hydrogens is 210 g/mol. The molecule has 1 aliphatic carbocycles. The molecule has 0 heterocycles. The van der Waals surface area contributed by atoms with Gasteiger partial charge in [-0.25, -0.2) is 0 Å². The highest BCUT2D eigenvalue weighted by molar-refractivity contribution is 5.86. The number of amides is 1. The van der Waals surface area contributed by atoms with Gasteiger partial charge in [0.05, 0.1) is 11.8 Å². The van der Waals surface area contributed by atoms with Crippen LogP contribution in [0.2, 0.25) is 0 Å². The number of rotatable bonds is 7. The van der Waals surface area contributed by atoms with E-state index in [1.807, 2.05) is 6.92 Å². The molecule has 16 heavy (non-hydrogen) atoms. The van der Waals surface area contributed by atoms with Gasteiger partial charge < -0.3 is 15.2 Å². The molecule has 1 amide bonds. The molecule has 1 aliphatic rings. The van der Waals surface area contributed by atoms with Gasteiger partial charge in [0.25, 0.3) is 0 Å². The Kier molecular flexibility index (Phi) is 5.25. The number of carbonyl (C=O) groups is 2. The molecule has 2 unspecified atom stereocenters. The molecule has 0 aliphatic heterocycles. The van der Waals surface area contributed by atoms with Crippen molar-refractivity contribution in [1.82, 2.24) is 5.32 Å². The molecule has 0 spiro atoms. The normalized spacial score (nSPS) is 23.6. The summed E-state index contributed by atoms with van der Waals surface area (Å²) in [5.74, 6) is -1.80. The number of nitrogens with one attached hydrogen (secondary N) is 1. The first-order chi connectivity index (χ1) is 7.66. The van der Waals surface area contributed by atoms with Crippen LogP contribution in [0.4, 0.5) is 0 Å². The fraction of sp³-hybridized carbons (Fsp3) is 0.818. The molecular formula is C11H19NO4. The maximum absolute atomic E-state index is 11.6. The summed E-state index contributed by atoms with van der Waals surface area (Å²) >= 11 is 0. The van der Waals surface area contributed by atoms with Crippen LogP contribution in [0.25, 0.3) is 0 Å². The zero-order valence-electron chi connectivity index (χ0n) is 9.57. The van der Waals surface area contributed by atoms with E-state index >= 15 is 0 Å². The number of carboxylic acids is 1. The van der Waals surface area contributed by atoms with Crippen molar-refractivity contribution >= 4 is 11.9 Å². The van der Waals surface area contributed by atoms with Gasteiger partial charge in [-0.05, 0) is 26.2 Å². The summed E-state index contributed by atoms with van der Waals surface area (Å²) in [5.41, 5.74) is 0. The van der Waals surface area contributed by atoms with Crippen LogP contribution in [0.15, 0.2) is 0 Å². The molecule has 0 aromatic rings. The van der Waals surface area contributed by atoms with E-state index in [9.17, 15) is 9.59 Å². The molecule has 1 fully saturated rings. The summed E-state index contributed by atoms with van der Waals surface area (Å²) in [7, 11) is 0. The molecule has 0 bridgehead atoms. The quantitative estimate of drug-likeness (QED) is 0.628. The lowest BCUT2D eigenvalue weighted by atomic mass is 9.73. The summed E-state index contributed by atoms with van der Waals surface area (Å²) in [6.45, 7) is 3.79. The maximum Gasteiger partial charge on any atom is 0.307 e. The second-order valence-corrected chi connectivity index (χ2v) is 3.97. The molecule has 92 valence electrons. The number of hydrogen-bond donors (Lipinski definition) is 2. The van der Waals surface area contributed by atoms with Crippen molar-refractivity contribution in [3.8, 4) is 0 Å². The SMILES string of the molecule is CCOCCCNC(=O)C1CCC1C(=O)O. The Labute approximate surface area is 95.2 Å². The van der Waals surface area contributed by atoms with Crippen LogP contribution in [0.3, 0.4) is 0 Å². The van der Waals surface area contributed by atoms with Gasteiger partial charge in [0.15, 0.2) is 0 Å². The molecule has 1 rings (SSSR count). The molecule has 1 saturated carbocycles. The Bertz CT molecular complexity index is 254. The molecule has 5 heteroatoms. The van der Waals surface area contributed by atoms with E-state index in [2.05, 4.69) is 5.32 Å². The van der Waals surface area contributed by atoms with E-state index in [4.69, 9.17) is 9.84 Å². The third-order valence-electron chi connectivity index (χ3n) is 2.90. The zero-order valence-corrected chi connectivity index (χ0v) is 9.57. The van der Waals surface area contributed by atoms with Crippen LogP contribution in [-0.4, -0.2) is 36.7 Å². The Morgan fingerprint density at radius 3 is 2.56 bits per heavy atom. The van der Waals surface area contributed by atoms with Crippen LogP contribution in [0, 0.1) is 11.8 Å². The summed E-state index contributed by atoms with van der Waals surface area (Å²) in [6.07, 6.45) is 2.07. The zero-order chi connectivity index (χ0) is 12.0. The minimum atomic E-state index is -0.860. The highest BCUT2D eigenvalue weighted by atomic mass is 16.5. The van der Waals surface area contributed by atoms with Crippen molar-refractivity contribution in [2.75, 3.05) is 19.8 Å². The molecule has 0 saturated heterocycles. The standard InChI is InChI=1S/C11H19NO4/c1-2-16-7-3-6-12-10(13)8-4-5-9(8)11(14)15/h8-9H,2-7H2,1H3,(H,12,13)(H,14,15). The molecule has 0 radical (unpaired) electrons. The van der Waals surface area contributed by atoms with E-state index in [-0.39, 0.29) is 11.8 Å². The van der Waals surface area contributed by atoms with E-state index < -0.39 is 11.9 Å². The topological polar surface area (TPSA) is 75.6 Å². The van der Waals surface area contributed by atoms with E-state index in [0.29, 0.717) is 32.6 Å². The van der Waals surface area contributed by atoms with Crippen molar-refractivity contribution < 1.29 is 19.4 Å². The monoisotopic (exact) mass is 229 g/mol. The fourth-order valence-electron chi connectivity index (χ4n) is 1.77. The summed E-state index contributed by atoms with van der Waals surface area (Å²) in [5, 5.41) is 11.5. The fourth-order valence-corrected chi connectivity index (χ4v) is 1.77. The second-order valence-electron chi connectivity index (χ2n) is 3.97. The number of carboxylic acid groups (broad SMARTS) is 1. The van der Waals surface area contributed by atoms with Crippen molar-refractivity contribution in [1.29, 1.82) is 0 Å². The summed E-state index contributed by atoms with van der Waals surface area (Å²) in [4.78, 5) is 22.3. The lowest BCUT2D eigenvalue weighted by Crippen LogP contribution is -2.44. The van der Waals surface area contributed by atoms with Crippen LogP contribution >= 0.6 is 0 Å². The highest BCUT2D eigenvalue weighted by Gasteiger charge is 2.41. The average molecular weight is 229 g/mol. The third-order valence-corrected chi connectivity index (χ3v) is 2.90. The van der Waals surface area contributed by atoms with Crippen molar-refractivity contribution in [3.63, 3.8) is 0 Å². The van der Waals surface area contributed by atoms with Gasteiger partial charge in [-0.2, -0.15) is 0 Å². The van der Waals surface area contributed by atoms with E-state index in [1.54, 1.807) is 0 Å². The maximum atomic E-state index is 11.6.